The molecule has 0 bridgehead atoms. The van der Waals surface area contributed by atoms with Gasteiger partial charge in [-0.15, -0.1) is 11.3 Å². The Bertz CT molecular complexity index is 614. The molecule has 1 aliphatic rings. The summed E-state index contributed by atoms with van der Waals surface area (Å²) >= 11 is 1.40. The fourth-order valence-corrected chi connectivity index (χ4v) is 3.48. The van der Waals surface area contributed by atoms with Crippen molar-refractivity contribution in [1.29, 1.82) is 0 Å². The molecule has 7 heteroatoms. The van der Waals surface area contributed by atoms with Crippen molar-refractivity contribution in [3.05, 3.63) is 16.0 Å². The lowest BCUT2D eigenvalue weighted by molar-refractivity contribution is -0.123. The Balaban J connectivity index is 2.36. The number of imide groups is 1. The first-order valence-corrected chi connectivity index (χ1v) is 7.58. The Hall–Kier alpha value is -1.89. The quantitative estimate of drug-likeness (QED) is 0.779. The van der Waals surface area contributed by atoms with E-state index in [-0.39, 0.29) is 5.91 Å². The van der Waals surface area contributed by atoms with E-state index in [1.807, 2.05) is 0 Å². The number of hydrogen-bond donors (Lipinski definition) is 3. The van der Waals surface area contributed by atoms with Gasteiger partial charge in [0.15, 0.2) is 0 Å². The third kappa shape index (κ3) is 3.24. The molecule has 0 saturated heterocycles. The van der Waals surface area contributed by atoms with Gasteiger partial charge in [0.2, 0.25) is 5.91 Å². The minimum absolute atomic E-state index is 0.171. The van der Waals surface area contributed by atoms with Gasteiger partial charge in [-0.25, -0.2) is 4.79 Å². The van der Waals surface area contributed by atoms with Gasteiger partial charge in [0.1, 0.15) is 5.00 Å². The number of rotatable bonds is 2. The van der Waals surface area contributed by atoms with Gasteiger partial charge in [0.05, 0.1) is 5.56 Å². The third-order valence-corrected chi connectivity index (χ3v) is 4.50. The van der Waals surface area contributed by atoms with Crippen LogP contribution in [0.1, 0.15) is 48.0 Å². The van der Waals surface area contributed by atoms with E-state index < -0.39 is 17.4 Å². The summed E-state index contributed by atoms with van der Waals surface area (Å²) in [6.45, 7) is 5.40. The van der Waals surface area contributed by atoms with Crippen molar-refractivity contribution in [1.82, 2.24) is 5.32 Å². The van der Waals surface area contributed by atoms with Crippen LogP contribution >= 0.6 is 11.3 Å². The van der Waals surface area contributed by atoms with Crippen LogP contribution in [0.3, 0.4) is 0 Å². The van der Waals surface area contributed by atoms with Crippen LogP contribution in [0.15, 0.2) is 0 Å². The Labute approximate surface area is 127 Å². The molecule has 0 saturated carbocycles. The van der Waals surface area contributed by atoms with E-state index in [1.165, 1.54) is 11.3 Å². The van der Waals surface area contributed by atoms with Crippen LogP contribution in [0.25, 0.3) is 0 Å². The van der Waals surface area contributed by atoms with Crippen molar-refractivity contribution in [2.45, 2.75) is 40.0 Å². The Morgan fingerprint density at radius 2 is 1.86 bits per heavy atom. The number of thiophene rings is 1. The monoisotopic (exact) mass is 309 g/mol. The molecule has 0 spiro atoms. The molecule has 0 aromatic carbocycles. The van der Waals surface area contributed by atoms with E-state index in [9.17, 15) is 14.4 Å². The predicted molar refractivity (Wildman–Crippen MR) is 81.5 cm³/mol. The highest BCUT2D eigenvalue weighted by Gasteiger charge is 2.30. The number of hydrogen-bond acceptors (Lipinski definition) is 4. The molecule has 1 aromatic rings. The maximum Gasteiger partial charge on any atom is 0.319 e. The molecular weight excluding hydrogens is 290 g/mol. The molecule has 2 rings (SSSR count). The second-order valence-corrected chi connectivity index (χ2v) is 7.19. The average molecular weight is 309 g/mol. The van der Waals surface area contributed by atoms with E-state index in [2.05, 4.69) is 10.6 Å². The Kier molecular flexibility index (Phi) is 4.04. The molecule has 1 aliphatic carbocycles. The zero-order valence-corrected chi connectivity index (χ0v) is 13.1. The number of anilines is 1. The smallest absolute Gasteiger partial charge is 0.319 e. The van der Waals surface area contributed by atoms with Gasteiger partial charge < -0.3 is 11.1 Å². The van der Waals surface area contributed by atoms with Crippen molar-refractivity contribution in [2.24, 2.45) is 11.1 Å². The SMILES string of the molecule is CC(C)(C)C(=O)Nc1sc2c(c1C(=O)NC(N)=O)CCC2. The molecule has 6 nitrogen and oxygen atoms in total. The first kappa shape index (κ1) is 15.5. The van der Waals surface area contributed by atoms with Crippen LogP contribution < -0.4 is 16.4 Å². The number of nitrogens with one attached hydrogen (secondary N) is 2. The van der Waals surface area contributed by atoms with E-state index in [0.717, 1.165) is 29.7 Å². The van der Waals surface area contributed by atoms with Crippen LogP contribution in [-0.2, 0) is 17.6 Å². The van der Waals surface area contributed by atoms with Crippen LogP contribution in [0.5, 0.6) is 0 Å². The number of aryl methyl sites for hydroxylation is 1. The van der Waals surface area contributed by atoms with Gasteiger partial charge in [0.25, 0.3) is 5.91 Å². The average Bonchev–Trinajstić information content (AvgIpc) is 2.85. The van der Waals surface area contributed by atoms with E-state index in [4.69, 9.17) is 5.73 Å². The third-order valence-electron chi connectivity index (χ3n) is 3.29. The number of carbonyl (C=O) groups excluding carboxylic acids is 3. The first-order chi connectivity index (χ1) is 9.70. The maximum absolute atomic E-state index is 12.2. The highest BCUT2D eigenvalue weighted by molar-refractivity contribution is 7.17. The number of carbonyl (C=O) groups is 3. The summed E-state index contributed by atoms with van der Waals surface area (Å²) in [6.07, 6.45) is 2.65. The standard InChI is InChI=1S/C14H19N3O3S/c1-14(2,3)12(19)17-11-9(10(18)16-13(15)20)7-5-4-6-8(7)21-11/h4-6H2,1-3H3,(H,17,19)(H3,15,16,18,20). The van der Waals surface area contributed by atoms with Gasteiger partial charge in [-0.05, 0) is 24.8 Å². The highest BCUT2D eigenvalue weighted by atomic mass is 32.1. The summed E-state index contributed by atoms with van der Waals surface area (Å²) in [5.74, 6) is -0.721. The summed E-state index contributed by atoms with van der Waals surface area (Å²) in [7, 11) is 0. The zero-order valence-electron chi connectivity index (χ0n) is 12.3. The molecule has 0 unspecified atom stereocenters. The summed E-state index contributed by atoms with van der Waals surface area (Å²) in [5, 5.41) is 5.38. The Morgan fingerprint density at radius 3 is 2.43 bits per heavy atom. The number of primary amides is 1. The fraction of sp³-hybridized carbons (Fsp3) is 0.500. The van der Waals surface area contributed by atoms with Crippen LogP contribution in [0.2, 0.25) is 0 Å². The van der Waals surface area contributed by atoms with Gasteiger partial charge >= 0.3 is 6.03 Å². The largest absolute Gasteiger partial charge is 0.351 e. The minimum atomic E-state index is -0.897. The van der Waals surface area contributed by atoms with Gasteiger partial charge in [-0.1, -0.05) is 20.8 Å². The molecule has 4 amide bonds. The maximum atomic E-state index is 12.2. The van der Waals surface area contributed by atoms with Gasteiger partial charge in [-0.3, -0.25) is 14.9 Å². The Morgan fingerprint density at radius 1 is 1.19 bits per heavy atom. The van der Waals surface area contributed by atoms with Crippen LogP contribution in [0, 0.1) is 5.41 Å². The molecule has 0 atom stereocenters. The minimum Gasteiger partial charge on any atom is -0.351 e. The highest BCUT2D eigenvalue weighted by Crippen LogP contribution is 2.39. The number of fused-ring (bicyclic) bond motifs is 1. The lowest BCUT2D eigenvalue weighted by atomic mass is 9.95. The lowest BCUT2D eigenvalue weighted by Crippen LogP contribution is -2.36. The fourth-order valence-electron chi connectivity index (χ4n) is 2.20. The molecular formula is C14H19N3O3S. The number of amides is 4. The molecule has 1 heterocycles. The van der Waals surface area contributed by atoms with Crippen molar-refractivity contribution in [2.75, 3.05) is 5.32 Å². The number of nitrogens with two attached hydrogens (primary N) is 1. The molecule has 21 heavy (non-hydrogen) atoms. The van der Waals surface area contributed by atoms with Gasteiger partial charge in [-0.2, -0.15) is 0 Å². The zero-order chi connectivity index (χ0) is 15.8. The van der Waals surface area contributed by atoms with Crippen molar-refractivity contribution in [3.8, 4) is 0 Å². The van der Waals surface area contributed by atoms with E-state index in [1.54, 1.807) is 20.8 Å². The second kappa shape index (κ2) is 5.48. The van der Waals surface area contributed by atoms with E-state index >= 15 is 0 Å². The molecule has 114 valence electrons. The van der Waals surface area contributed by atoms with Crippen LogP contribution in [0.4, 0.5) is 9.80 Å². The molecule has 0 aliphatic heterocycles. The summed E-state index contributed by atoms with van der Waals surface area (Å²) < 4.78 is 0. The van der Waals surface area contributed by atoms with Gasteiger partial charge in [0, 0.05) is 10.3 Å². The van der Waals surface area contributed by atoms with Crippen LogP contribution in [-0.4, -0.2) is 17.8 Å². The van der Waals surface area contributed by atoms with Crippen molar-refractivity contribution >= 4 is 34.2 Å². The summed E-state index contributed by atoms with van der Waals surface area (Å²) in [6, 6.07) is -0.897. The van der Waals surface area contributed by atoms with Crippen molar-refractivity contribution in [3.63, 3.8) is 0 Å². The number of urea groups is 1. The predicted octanol–water partition coefficient (Wildman–Crippen LogP) is 2.03. The van der Waals surface area contributed by atoms with Crippen molar-refractivity contribution < 1.29 is 14.4 Å². The molecule has 4 N–H and O–H groups in total. The summed E-state index contributed by atoms with van der Waals surface area (Å²) in [5.41, 5.74) is 5.74. The summed E-state index contributed by atoms with van der Waals surface area (Å²) in [4.78, 5) is 36.3. The molecule has 1 aromatic heterocycles. The normalized spacial score (nSPS) is 13.7. The molecule has 0 radical (unpaired) electrons. The van der Waals surface area contributed by atoms with E-state index in [0.29, 0.717) is 10.6 Å². The first-order valence-electron chi connectivity index (χ1n) is 6.77. The second-order valence-electron chi connectivity index (χ2n) is 6.08. The lowest BCUT2D eigenvalue weighted by Gasteiger charge is -2.17. The molecule has 0 fully saturated rings. The topological polar surface area (TPSA) is 101 Å².